The predicted octanol–water partition coefficient (Wildman–Crippen LogP) is 2.81. The molecule has 7 heteroatoms. The Morgan fingerprint density at radius 2 is 2.10 bits per heavy atom. The largest absolute Gasteiger partial charge is 0.312 e. The van der Waals surface area contributed by atoms with Crippen LogP contribution in [-0.4, -0.2) is 32.5 Å². The molecule has 0 saturated heterocycles. The summed E-state index contributed by atoms with van der Waals surface area (Å²) in [5.41, 5.74) is 0. The van der Waals surface area contributed by atoms with Crippen LogP contribution in [0.15, 0.2) is 16.3 Å². The third-order valence-corrected chi connectivity index (χ3v) is 8.02. The minimum atomic E-state index is -3.41. The molecule has 0 aromatic carbocycles. The van der Waals surface area contributed by atoms with Gasteiger partial charge in [0.15, 0.2) is 0 Å². The van der Waals surface area contributed by atoms with Crippen molar-refractivity contribution in [3.05, 3.63) is 16.3 Å². The lowest BCUT2D eigenvalue weighted by molar-refractivity contribution is 0.550. The van der Waals surface area contributed by atoms with E-state index in [-0.39, 0.29) is 4.75 Å². The zero-order chi connectivity index (χ0) is 15.3. The van der Waals surface area contributed by atoms with Crippen LogP contribution in [0.3, 0.4) is 0 Å². The molecule has 0 radical (unpaired) electrons. The fourth-order valence-electron chi connectivity index (χ4n) is 2.71. The van der Waals surface area contributed by atoms with E-state index in [0.29, 0.717) is 18.0 Å². The average Bonchev–Trinajstić information content (AvgIpc) is 3.13. The van der Waals surface area contributed by atoms with Crippen molar-refractivity contribution in [1.29, 1.82) is 0 Å². The van der Waals surface area contributed by atoms with Crippen molar-refractivity contribution in [2.75, 3.05) is 19.3 Å². The second kappa shape index (κ2) is 7.46. The zero-order valence-electron chi connectivity index (χ0n) is 12.6. The monoisotopic (exact) mass is 348 g/mol. The van der Waals surface area contributed by atoms with Gasteiger partial charge < -0.3 is 5.32 Å². The van der Waals surface area contributed by atoms with Crippen molar-refractivity contribution in [3.63, 3.8) is 0 Å². The highest BCUT2D eigenvalue weighted by Gasteiger charge is 2.34. The number of rotatable bonds is 8. The highest BCUT2D eigenvalue weighted by atomic mass is 32.2. The van der Waals surface area contributed by atoms with Crippen LogP contribution in [0.5, 0.6) is 0 Å². The van der Waals surface area contributed by atoms with Gasteiger partial charge in [-0.25, -0.2) is 13.1 Å². The lowest BCUT2D eigenvalue weighted by Gasteiger charge is -2.26. The summed E-state index contributed by atoms with van der Waals surface area (Å²) in [5.74, 6) is 0. The SMILES string of the molecule is CCNCc1sccc1S(=O)(=O)NCC1(SC)CCCC1. The Kier molecular flexibility index (Phi) is 6.14. The first-order chi connectivity index (χ1) is 10.0. The lowest BCUT2D eigenvalue weighted by Crippen LogP contribution is -2.38. The van der Waals surface area contributed by atoms with E-state index in [2.05, 4.69) is 16.3 Å². The van der Waals surface area contributed by atoms with Crippen molar-refractivity contribution < 1.29 is 8.42 Å². The lowest BCUT2D eigenvalue weighted by atomic mass is 10.1. The molecule has 120 valence electrons. The molecule has 1 aromatic rings. The van der Waals surface area contributed by atoms with E-state index in [4.69, 9.17) is 0 Å². The Hall–Kier alpha value is -0.0800. The van der Waals surface area contributed by atoms with Crippen LogP contribution in [0.4, 0.5) is 0 Å². The molecule has 0 bridgehead atoms. The van der Waals surface area contributed by atoms with Crippen LogP contribution in [0.2, 0.25) is 0 Å². The molecule has 0 atom stereocenters. The van der Waals surface area contributed by atoms with Gasteiger partial charge in [-0.3, -0.25) is 0 Å². The van der Waals surface area contributed by atoms with Gasteiger partial charge in [0.05, 0.1) is 4.90 Å². The van der Waals surface area contributed by atoms with Crippen molar-refractivity contribution >= 4 is 33.1 Å². The summed E-state index contributed by atoms with van der Waals surface area (Å²) >= 11 is 3.29. The van der Waals surface area contributed by atoms with E-state index < -0.39 is 10.0 Å². The predicted molar refractivity (Wildman–Crippen MR) is 91.6 cm³/mol. The summed E-state index contributed by atoms with van der Waals surface area (Å²) in [6, 6.07) is 1.71. The van der Waals surface area contributed by atoms with Gasteiger partial charge in [-0.05, 0) is 37.1 Å². The van der Waals surface area contributed by atoms with Gasteiger partial charge in [0.25, 0.3) is 0 Å². The van der Waals surface area contributed by atoms with Crippen molar-refractivity contribution in [2.24, 2.45) is 0 Å². The molecule has 2 rings (SSSR count). The standard InChI is InChI=1S/C14H24N2O2S3/c1-3-15-10-12-13(6-9-20-12)21(17,18)16-11-14(19-2)7-4-5-8-14/h6,9,15-16H,3-5,7-8,10-11H2,1-2H3. The summed E-state index contributed by atoms with van der Waals surface area (Å²) in [4.78, 5) is 1.32. The van der Waals surface area contributed by atoms with Gasteiger partial charge in [-0.2, -0.15) is 11.8 Å². The fourth-order valence-corrected chi connectivity index (χ4v) is 6.26. The Morgan fingerprint density at radius 1 is 1.38 bits per heavy atom. The average molecular weight is 349 g/mol. The fraction of sp³-hybridized carbons (Fsp3) is 0.714. The number of sulfonamides is 1. The van der Waals surface area contributed by atoms with E-state index in [1.807, 2.05) is 12.3 Å². The highest BCUT2D eigenvalue weighted by Crippen LogP contribution is 2.39. The van der Waals surface area contributed by atoms with E-state index in [1.165, 1.54) is 24.2 Å². The maximum absolute atomic E-state index is 12.6. The van der Waals surface area contributed by atoms with Gasteiger partial charge in [0, 0.05) is 22.7 Å². The molecule has 1 saturated carbocycles. The number of hydrogen-bond acceptors (Lipinski definition) is 5. The molecule has 0 amide bonds. The first kappa shape index (κ1) is 17.3. The molecule has 1 aliphatic rings. The molecule has 1 fully saturated rings. The van der Waals surface area contributed by atoms with Gasteiger partial charge >= 0.3 is 0 Å². The minimum Gasteiger partial charge on any atom is -0.312 e. The van der Waals surface area contributed by atoms with Gasteiger partial charge in [0.2, 0.25) is 10.0 Å². The second-order valence-electron chi connectivity index (χ2n) is 5.41. The quantitative estimate of drug-likeness (QED) is 0.758. The van der Waals surface area contributed by atoms with E-state index in [1.54, 1.807) is 17.8 Å². The van der Waals surface area contributed by atoms with Crippen LogP contribution in [0.25, 0.3) is 0 Å². The summed E-state index contributed by atoms with van der Waals surface area (Å²) < 4.78 is 28.0. The number of hydrogen-bond donors (Lipinski definition) is 2. The maximum atomic E-state index is 12.6. The highest BCUT2D eigenvalue weighted by molar-refractivity contribution is 8.00. The second-order valence-corrected chi connectivity index (χ2v) is 9.42. The van der Waals surface area contributed by atoms with Gasteiger partial charge in [-0.15, -0.1) is 11.3 Å². The topological polar surface area (TPSA) is 58.2 Å². The molecule has 1 heterocycles. The maximum Gasteiger partial charge on any atom is 0.241 e. The van der Waals surface area contributed by atoms with Gasteiger partial charge in [-0.1, -0.05) is 19.8 Å². The molecule has 4 nitrogen and oxygen atoms in total. The molecule has 0 aliphatic heterocycles. The number of nitrogens with one attached hydrogen (secondary N) is 2. The first-order valence-corrected chi connectivity index (χ1v) is 10.9. The van der Waals surface area contributed by atoms with E-state index in [0.717, 1.165) is 24.3 Å². The Balaban J connectivity index is 2.06. The van der Waals surface area contributed by atoms with Crippen molar-refractivity contribution in [2.45, 2.75) is 48.8 Å². The minimum absolute atomic E-state index is 0.0882. The third-order valence-electron chi connectivity index (χ3n) is 4.06. The summed E-state index contributed by atoms with van der Waals surface area (Å²) in [5, 5.41) is 5.04. The molecule has 1 aliphatic carbocycles. The number of thiophene rings is 1. The van der Waals surface area contributed by atoms with Crippen LogP contribution >= 0.6 is 23.1 Å². The summed E-state index contributed by atoms with van der Waals surface area (Å²) in [7, 11) is -3.41. The van der Waals surface area contributed by atoms with Gasteiger partial charge in [0.1, 0.15) is 0 Å². The van der Waals surface area contributed by atoms with E-state index >= 15 is 0 Å². The normalized spacial score (nSPS) is 18.2. The zero-order valence-corrected chi connectivity index (χ0v) is 15.1. The Labute approximate surface area is 136 Å². The smallest absolute Gasteiger partial charge is 0.241 e. The molecule has 2 N–H and O–H groups in total. The number of thioether (sulfide) groups is 1. The molecular formula is C14H24N2O2S3. The van der Waals surface area contributed by atoms with Crippen molar-refractivity contribution in [3.8, 4) is 0 Å². The molecule has 1 aromatic heterocycles. The summed E-state index contributed by atoms with van der Waals surface area (Å²) in [6.45, 7) is 3.99. The molecular weight excluding hydrogens is 324 g/mol. The molecule has 0 spiro atoms. The van der Waals surface area contributed by atoms with Crippen molar-refractivity contribution in [1.82, 2.24) is 10.0 Å². The summed E-state index contributed by atoms with van der Waals surface area (Å²) in [6.07, 6.45) is 6.69. The van der Waals surface area contributed by atoms with Crippen LogP contribution < -0.4 is 10.0 Å². The third kappa shape index (κ3) is 4.22. The molecule has 0 unspecified atom stereocenters. The Bertz CT molecular complexity index is 548. The van der Waals surface area contributed by atoms with Crippen LogP contribution in [-0.2, 0) is 16.6 Å². The van der Waals surface area contributed by atoms with Crippen LogP contribution in [0.1, 0.15) is 37.5 Å². The van der Waals surface area contributed by atoms with Crippen LogP contribution in [0, 0.1) is 0 Å². The van der Waals surface area contributed by atoms with E-state index in [9.17, 15) is 8.42 Å². The Morgan fingerprint density at radius 3 is 2.71 bits per heavy atom. The first-order valence-electron chi connectivity index (χ1n) is 7.35. The molecule has 21 heavy (non-hydrogen) atoms.